The van der Waals surface area contributed by atoms with Crippen molar-refractivity contribution in [1.82, 2.24) is 4.90 Å². The van der Waals surface area contributed by atoms with Gasteiger partial charge in [-0.25, -0.2) is 0 Å². The summed E-state index contributed by atoms with van der Waals surface area (Å²) in [4.78, 5) is 14.1. The van der Waals surface area contributed by atoms with E-state index < -0.39 is 0 Å². The highest BCUT2D eigenvalue weighted by Gasteiger charge is 2.51. The second kappa shape index (κ2) is 5.11. The van der Waals surface area contributed by atoms with Gasteiger partial charge in [-0.2, -0.15) is 0 Å². The molecule has 0 spiro atoms. The van der Waals surface area contributed by atoms with E-state index in [-0.39, 0.29) is 23.8 Å². The maximum absolute atomic E-state index is 12.3. The molecule has 0 bridgehead atoms. The number of hydrogen-bond donors (Lipinski definition) is 1. The number of hydrogen-bond acceptors (Lipinski definition) is 2. The molecule has 0 aliphatic heterocycles. The SMILES string of the molecule is CC1(C)CC1C(=O)N(CCO)Cc1ccccc1. The molecular formula is C15H21NO2. The summed E-state index contributed by atoms with van der Waals surface area (Å²) in [5.41, 5.74) is 1.25. The molecule has 2 rings (SSSR count). The Balaban J connectivity index is 2.02. The van der Waals surface area contributed by atoms with Gasteiger partial charge in [-0.1, -0.05) is 44.2 Å². The van der Waals surface area contributed by atoms with Gasteiger partial charge < -0.3 is 10.0 Å². The highest BCUT2D eigenvalue weighted by molar-refractivity contribution is 5.82. The molecule has 1 aliphatic carbocycles. The van der Waals surface area contributed by atoms with Gasteiger partial charge in [-0.15, -0.1) is 0 Å². The van der Waals surface area contributed by atoms with Gasteiger partial charge in [-0.3, -0.25) is 4.79 Å². The lowest BCUT2D eigenvalue weighted by Gasteiger charge is -2.22. The van der Waals surface area contributed by atoms with E-state index in [0.717, 1.165) is 12.0 Å². The van der Waals surface area contributed by atoms with Crippen molar-refractivity contribution >= 4 is 5.91 Å². The summed E-state index contributed by atoms with van der Waals surface area (Å²) in [5, 5.41) is 9.10. The first-order valence-electron chi connectivity index (χ1n) is 6.48. The van der Waals surface area contributed by atoms with Gasteiger partial charge in [0.15, 0.2) is 0 Å². The molecule has 1 unspecified atom stereocenters. The standard InChI is InChI=1S/C15H21NO2/c1-15(2)10-13(15)14(18)16(8-9-17)11-12-6-4-3-5-7-12/h3-7,13,17H,8-11H2,1-2H3. The summed E-state index contributed by atoms with van der Waals surface area (Å²) in [7, 11) is 0. The van der Waals surface area contributed by atoms with Crippen molar-refractivity contribution in [3.63, 3.8) is 0 Å². The van der Waals surface area contributed by atoms with Crippen LogP contribution in [-0.2, 0) is 11.3 Å². The van der Waals surface area contributed by atoms with Crippen LogP contribution in [0.3, 0.4) is 0 Å². The summed E-state index contributed by atoms with van der Waals surface area (Å²) in [6.45, 7) is 5.27. The summed E-state index contributed by atoms with van der Waals surface area (Å²) in [6, 6.07) is 9.92. The van der Waals surface area contributed by atoms with Gasteiger partial charge in [0.05, 0.1) is 6.61 Å². The van der Waals surface area contributed by atoms with Crippen molar-refractivity contribution < 1.29 is 9.90 Å². The fourth-order valence-electron chi connectivity index (χ4n) is 2.30. The summed E-state index contributed by atoms with van der Waals surface area (Å²) in [6.07, 6.45) is 0.961. The van der Waals surface area contributed by atoms with Crippen LogP contribution >= 0.6 is 0 Å². The van der Waals surface area contributed by atoms with E-state index in [2.05, 4.69) is 13.8 Å². The van der Waals surface area contributed by atoms with Crippen LogP contribution in [0.25, 0.3) is 0 Å². The molecule has 18 heavy (non-hydrogen) atoms. The molecule has 1 atom stereocenters. The number of amides is 1. The van der Waals surface area contributed by atoms with Gasteiger partial charge >= 0.3 is 0 Å². The number of carbonyl (C=O) groups is 1. The average molecular weight is 247 g/mol. The molecule has 1 N–H and O–H groups in total. The van der Waals surface area contributed by atoms with Gasteiger partial charge in [0.1, 0.15) is 0 Å². The van der Waals surface area contributed by atoms with Crippen LogP contribution in [0.1, 0.15) is 25.8 Å². The molecule has 0 heterocycles. The van der Waals surface area contributed by atoms with E-state index in [1.165, 1.54) is 0 Å². The lowest BCUT2D eigenvalue weighted by atomic mass is 10.1. The lowest BCUT2D eigenvalue weighted by molar-refractivity contribution is -0.134. The molecule has 3 nitrogen and oxygen atoms in total. The minimum atomic E-state index is 0.0196. The molecule has 1 aromatic rings. The molecule has 98 valence electrons. The normalized spacial score (nSPS) is 20.5. The first kappa shape index (κ1) is 13.1. The van der Waals surface area contributed by atoms with Gasteiger partial charge in [0.25, 0.3) is 0 Å². The van der Waals surface area contributed by atoms with Gasteiger partial charge in [0.2, 0.25) is 5.91 Å². The van der Waals surface area contributed by atoms with Crippen LogP contribution < -0.4 is 0 Å². The van der Waals surface area contributed by atoms with Crippen LogP contribution in [0, 0.1) is 11.3 Å². The van der Waals surface area contributed by atoms with E-state index in [4.69, 9.17) is 5.11 Å². The zero-order chi connectivity index (χ0) is 13.2. The van der Waals surface area contributed by atoms with Crippen molar-refractivity contribution in [2.24, 2.45) is 11.3 Å². The smallest absolute Gasteiger partial charge is 0.226 e. The quantitative estimate of drug-likeness (QED) is 0.865. The molecule has 1 fully saturated rings. The largest absolute Gasteiger partial charge is 0.395 e. The van der Waals surface area contributed by atoms with Crippen LogP contribution in [0.15, 0.2) is 30.3 Å². The second-order valence-corrected chi connectivity index (χ2v) is 5.71. The molecule has 0 aromatic heterocycles. The van der Waals surface area contributed by atoms with Crippen LogP contribution in [0.2, 0.25) is 0 Å². The first-order valence-corrected chi connectivity index (χ1v) is 6.48. The lowest BCUT2D eigenvalue weighted by Crippen LogP contribution is -2.35. The Labute approximate surface area is 108 Å². The molecule has 1 aromatic carbocycles. The first-order chi connectivity index (χ1) is 8.54. The summed E-state index contributed by atoms with van der Waals surface area (Å²) >= 11 is 0. The number of aliphatic hydroxyl groups excluding tert-OH is 1. The van der Waals surface area contributed by atoms with Crippen molar-refractivity contribution in [3.05, 3.63) is 35.9 Å². The fourth-order valence-corrected chi connectivity index (χ4v) is 2.30. The van der Waals surface area contributed by atoms with Crippen molar-refractivity contribution in [2.45, 2.75) is 26.8 Å². The van der Waals surface area contributed by atoms with E-state index in [9.17, 15) is 4.79 Å². The van der Waals surface area contributed by atoms with Crippen LogP contribution in [-0.4, -0.2) is 29.1 Å². The molecule has 0 radical (unpaired) electrons. The minimum Gasteiger partial charge on any atom is -0.395 e. The Morgan fingerprint density at radius 1 is 1.39 bits per heavy atom. The topological polar surface area (TPSA) is 40.5 Å². The molecule has 0 saturated heterocycles. The van der Waals surface area contributed by atoms with Gasteiger partial charge in [-0.05, 0) is 17.4 Å². The Bertz CT molecular complexity index is 414. The van der Waals surface area contributed by atoms with Crippen molar-refractivity contribution in [2.75, 3.05) is 13.2 Å². The monoisotopic (exact) mass is 247 g/mol. The highest BCUT2D eigenvalue weighted by Crippen LogP contribution is 2.52. The van der Waals surface area contributed by atoms with Crippen LogP contribution in [0.4, 0.5) is 0 Å². The Kier molecular flexibility index (Phi) is 3.71. The third-order valence-corrected chi connectivity index (χ3v) is 3.71. The predicted molar refractivity (Wildman–Crippen MR) is 70.8 cm³/mol. The third kappa shape index (κ3) is 2.91. The van der Waals surface area contributed by atoms with Gasteiger partial charge in [0, 0.05) is 19.0 Å². The molecule has 1 aliphatic rings. The number of nitrogens with zero attached hydrogens (tertiary/aromatic N) is 1. The number of carbonyl (C=O) groups excluding carboxylic acids is 1. The minimum absolute atomic E-state index is 0.0196. The van der Waals surface area contributed by atoms with Crippen molar-refractivity contribution in [3.8, 4) is 0 Å². The zero-order valence-electron chi connectivity index (χ0n) is 11.1. The predicted octanol–water partition coefficient (Wildman–Crippen LogP) is 2.05. The average Bonchev–Trinajstić information content (AvgIpc) is 2.98. The molecular weight excluding hydrogens is 226 g/mol. The van der Waals surface area contributed by atoms with Crippen molar-refractivity contribution in [1.29, 1.82) is 0 Å². The maximum Gasteiger partial charge on any atom is 0.226 e. The van der Waals surface area contributed by atoms with E-state index in [0.29, 0.717) is 13.1 Å². The fraction of sp³-hybridized carbons (Fsp3) is 0.533. The maximum atomic E-state index is 12.3. The highest BCUT2D eigenvalue weighted by atomic mass is 16.3. The van der Waals surface area contributed by atoms with E-state index >= 15 is 0 Å². The second-order valence-electron chi connectivity index (χ2n) is 5.71. The van der Waals surface area contributed by atoms with Crippen LogP contribution in [0.5, 0.6) is 0 Å². The molecule has 1 saturated carbocycles. The number of aliphatic hydroxyl groups is 1. The number of benzene rings is 1. The Hall–Kier alpha value is -1.35. The number of rotatable bonds is 5. The molecule has 1 amide bonds. The Morgan fingerprint density at radius 3 is 2.50 bits per heavy atom. The summed E-state index contributed by atoms with van der Waals surface area (Å²) < 4.78 is 0. The summed E-state index contributed by atoms with van der Waals surface area (Å²) in [5.74, 6) is 0.311. The van der Waals surface area contributed by atoms with E-state index in [1.54, 1.807) is 4.90 Å². The van der Waals surface area contributed by atoms with E-state index in [1.807, 2.05) is 30.3 Å². The Morgan fingerprint density at radius 2 is 2.00 bits per heavy atom. The zero-order valence-corrected chi connectivity index (χ0v) is 11.1. The third-order valence-electron chi connectivity index (χ3n) is 3.71. The molecule has 3 heteroatoms.